The molecule has 0 aromatic carbocycles. The first-order valence-electron chi connectivity index (χ1n) is 14.0. The van der Waals surface area contributed by atoms with E-state index in [-0.39, 0.29) is 5.12 Å². The van der Waals surface area contributed by atoms with Crippen LogP contribution >= 0.6 is 24.4 Å². The zero-order chi connectivity index (χ0) is 23.5. The molecule has 0 heterocycles. The van der Waals surface area contributed by atoms with Gasteiger partial charge in [0.1, 0.15) is 0 Å². The summed E-state index contributed by atoms with van der Waals surface area (Å²) in [6, 6.07) is 0. The SMILES string of the molecule is CCCCCCCCCCCCCCCCSC(=O)CCCCCCCCCCC(=O)S. The highest BCUT2D eigenvalue weighted by Crippen LogP contribution is 2.17. The molecule has 4 heteroatoms. The molecule has 0 atom stereocenters. The summed E-state index contributed by atoms with van der Waals surface area (Å²) in [5.74, 6) is 1.02. The predicted molar refractivity (Wildman–Crippen MR) is 148 cm³/mol. The van der Waals surface area contributed by atoms with Gasteiger partial charge < -0.3 is 0 Å². The third kappa shape index (κ3) is 28.1. The Hall–Kier alpha value is 0.0400. The average Bonchev–Trinajstić information content (AvgIpc) is 2.77. The van der Waals surface area contributed by atoms with E-state index in [4.69, 9.17) is 0 Å². The lowest BCUT2D eigenvalue weighted by molar-refractivity contribution is -0.111. The molecule has 32 heavy (non-hydrogen) atoms. The Bertz CT molecular complexity index is 412. The normalized spacial score (nSPS) is 11.2. The van der Waals surface area contributed by atoms with Crippen LogP contribution in [0.3, 0.4) is 0 Å². The first kappa shape index (κ1) is 32.0. The summed E-state index contributed by atoms with van der Waals surface area (Å²) in [5.41, 5.74) is 0. The smallest absolute Gasteiger partial charge is 0.188 e. The zero-order valence-electron chi connectivity index (χ0n) is 21.3. The predicted octanol–water partition coefficient (Wildman–Crippen LogP) is 10.1. The number of carbonyl (C=O) groups excluding carboxylic acids is 2. The lowest BCUT2D eigenvalue weighted by Crippen LogP contribution is -1.94. The zero-order valence-corrected chi connectivity index (χ0v) is 23.1. The summed E-state index contributed by atoms with van der Waals surface area (Å²) in [7, 11) is 0. The fourth-order valence-corrected chi connectivity index (χ4v) is 5.18. The van der Waals surface area contributed by atoms with Crippen molar-refractivity contribution in [3.8, 4) is 0 Å². The van der Waals surface area contributed by atoms with Gasteiger partial charge in [0.25, 0.3) is 0 Å². The molecule has 0 fully saturated rings. The third-order valence-corrected chi connectivity index (χ3v) is 7.52. The number of carbonyl (C=O) groups is 2. The number of hydrogen-bond acceptors (Lipinski definition) is 3. The Kier molecular flexibility index (Phi) is 27.3. The van der Waals surface area contributed by atoms with Crippen molar-refractivity contribution < 1.29 is 9.59 Å². The van der Waals surface area contributed by atoms with E-state index in [0.717, 1.165) is 31.4 Å². The van der Waals surface area contributed by atoms with Crippen LogP contribution in [0.1, 0.15) is 161 Å². The monoisotopic (exact) mass is 486 g/mol. The highest BCUT2D eigenvalue weighted by molar-refractivity contribution is 8.13. The molecule has 0 aromatic heterocycles. The summed E-state index contributed by atoms with van der Waals surface area (Å²) in [6.07, 6.45) is 30.1. The van der Waals surface area contributed by atoms with Gasteiger partial charge in [0.15, 0.2) is 10.2 Å². The molecule has 0 saturated heterocycles. The summed E-state index contributed by atoms with van der Waals surface area (Å²) in [5, 5.41) is 0.410. The Morgan fingerprint density at radius 3 is 1.25 bits per heavy atom. The molecule has 0 saturated carbocycles. The van der Waals surface area contributed by atoms with Gasteiger partial charge in [0, 0.05) is 18.6 Å². The van der Waals surface area contributed by atoms with Crippen LogP contribution in [0.5, 0.6) is 0 Å². The molecular weight excluding hydrogens is 432 g/mol. The number of thioether (sulfide) groups is 1. The van der Waals surface area contributed by atoms with Crippen LogP contribution in [0.2, 0.25) is 0 Å². The molecule has 0 aliphatic heterocycles. The van der Waals surface area contributed by atoms with Gasteiger partial charge in [-0.05, 0) is 19.3 Å². The van der Waals surface area contributed by atoms with E-state index in [9.17, 15) is 9.59 Å². The number of thiol groups is 1. The van der Waals surface area contributed by atoms with Crippen LogP contribution in [-0.2, 0) is 9.59 Å². The quantitative estimate of drug-likeness (QED) is 0.0975. The molecule has 0 aromatic rings. The first-order valence-corrected chi connectivity index (χ1v) is 15.5. The van der Waals surface area contributed by atoms with Crippen molar-refractivity contribution in [2.24, 2.45) is 0 Å². The second-order valence-corrected chi connectivity index (χ2v) is 11.2. The lowest BCUT2D eigenvalue weighted by atomic mass is 10.0. The van der Waals surface area contributed by atoms with Crippen LogP contribution in [0.25, 0.3) is 0 Å². The van der Waals surface area contributed by atoms with Gasteiger partial charge in [-0.3, -0.25) is 9.59 Å². The molecule has 0 radical (unpaired) electrons. The maximum absolute atomic E-state index is 12.0. The number of hydrogen-bond donors (Lipinski definition) is 1. The van der Waals surface area contributed by atoms with Crippen LogP contribution in [-0.4, -0.2) is 16.0 Å². The molecule has 0 rings (SSSR count). The largest absolute Gasteiger partial charge is 0.288 e. The average molecular weight is 487 g/mol. The number of rotatable bonds is 26. The van der Waals surface area contributed by atoms with Crippen LogP contribution in [0.4, 0.5) is 0 Å². The first-order chi connectivity index (χ1) is 15.7. The molecule has 0 aliphatic rings. The van der Waals surface area contributed by atoms with Crippen molar-refractivity contribution in [1.82, 2.24) is 0 Å². The van der Waals surface area contributed by atoms with Crippen molar-refractivity contribution in [2.75, 3.05) is 5.75 Å². The molecule has 0 bridgehead atoms. The Balaban J connectivity index is 3.15. The Morgan fingerprint density at radius 1 is 0.500 bits per heavy atom. The van der Waals surface area contributed by atoms with Gasteiger partial charge in [-0.1, -0.05) is 141 Å². The summed E-state index contributed by atoms with van der Waals surface area (Å²) in [6.45, 7) is 2.28. The molecular formula is C28H54O2S2. The molecule has 190 valence electrons. The maximum Gasteiger partial charge on any atom is 0.188 e. The molecule has 0 spiro atoms. The van der Waals surface area contributed by atoms with E-state index in [1.807, 2.05) is 0 Å². The van der Waals surface area contributed by atoms with E-state index >= 15 is 0 Å². The second-order valence-electron chi connectivity index (χ2n) is 9.54. The fraction of sp³-hybridized carbons (Fsp3) is 0.929. The minimum Gasteiger partial charge on any atom is -0.288 e. The maximum atomic E-state index is 12.0. The van der Waals surface area contributed by atoms with E-state index in [1.165, 1.54) is 122 Å². The summed E-state index contributed by atoms with van der Waals surface area (Å²) >= 11 is 5.36. The van der Waals surface area contributed by atoms with Gasteiger partial charge in [-0.25, -0.2) is 0 Å². The van der Waals surface area contributed by atoms with Crippen LogP contribution in [0, 0.1) is 0 Å². The molecule has 2 nitrogen and oxygen atoms in total. The fourth-order valence-electron chi connectivity index (χ4n) is 4.16. The second kappa shape index (κ2) is 27.3. The number of unbranched alkanes of at least 4 members (excludes halogenated alkanes) is 20. The van der Waals surface area contributed by atoms with Crippen molar-refractivity contribution in [3.63, 3.8) is 0 Å². The molecule has 0 aliphatic carbocycles. The van der Waals surface area contributed by atoms with Crippen molar-refractivity contribution in [3.05, 3.63) is 0 Å². The molecule has 0 N–H and O–H groups in total. The highest BCUT2D eigenvalue weighted by Gasteiger charge is 2.03. The topological polar surface area (TPSA) is 34.1 Å². The van der Waals surface area contributed by atoms with Gasteiger partial charge >= 0.3 is 0 Å². The minimum atomic E-state index is 0.0110. The van der Waals surface area contributed by atoms with Gasteiger partial charge in [-0.15, -0.1) is 12.6 Å². The summed E-state index contributed by atoms with van der Waals surface area (Å²) in [4.78, 5) is 22.7. The van der Waals surface area contributed by atoms with Crippen molar-refractivity contribution >= 4 is 34.6 Å². The standard InChI is InChI=1S/C28H54O2S2/c1-2-3-4-5-6-7-8-9-10-11-14-17-20-23-26-32-28(30)25-22-19-16-13-12-15-18-21-24-27(29)31/h2-26H2,1H3,(H,29,31). The van der Waals surface area contributed by atoms with Crippen LogP contribution < -0.4 is 0 Å². The van der Waals surface area contributed by atoms with E-state index in [1.54, 1.807) is 11.8 Å². The molecule has 0 amide bonds. The minimum absolute atomic E-state index is 0.0110. The Labute approximate surface area is 210 Å². The van der Waals surface area contributed by atoms with E-state index in [0.29, 0.717) is 11.5 Å². The van der Waals surface area contributed by atoms with Crippen LogP contribution in [0.15, 0.2) is 0 Å². The lowest BCUT2D eigenvalue weighted by Gasteiger charge is -2.04. The van der Waals surface area contributed by atoms with Crippen molar-refractivity contribution in [2.45, 2.75) is 161 Å². The highest BCUT2D eigenvalue weighted by atomic mass is 32.2. The molecule has 0 unspecified atom stereocenters. The Morgan fingerprint density at radius 2 is 0.844 bits per heavy atom. The van der Waals surface area contributed by atoms with Gasteiger partial charge in [-0.2, -0.15) is 0 Å². The van der Waals surface area contributed by atoms with E-state index < -0.39 is 0 Å². The van der Waals surface area contributed by atoms with Gasteiger partial charge in [0.05, 0.1) is 0 Å². The third-order valence-electron chi connectivity index (χ3n) is 6.28. The summed E-state index contributed by atoms with van der Waals surface area (Å²) < 4.78 is 0. The van der Waals surface area contributed by atoms with Gasteiger partial charge in [0.2, 0.25) is 0 Å². The van der Waals surface area contributed by atoms with Crippen molar-refractivity contribution in [1.29, 1.82) is 0 Å². The van der Waals surface area contributed by atoms with E-state index in [2.05, 4.69) is 19.6 Å².